The van der Waals surface area contributed by atoms with Crippen LogP contribution in [0.4, 0.5) is 0 Å². The van der Waals surface area contributed by atoms with Gasteiger partial charge in [0.15, 0.2) is 11.6 Å². The summed E-state index contributed by atoms with van der Waals surface area (Å²) in [5.41, 5.74) is 7.21. The number of rotatable bonds is 5. The Bertz CT molecular complexity index is 3130. The zero-order valence-corrected chi connectivity index (χ0v) is 26.5. The lowest BCUT2D eigenvalue weighted by Gasteiger charge is -2.11. The Morgan fingerprint density at radius 1 is 0.480 bits per heavy atom. The molecule has 0 spiro atoms. The van der Waals surface area contributed by atoms with Crippen molar-refractivity contribution in [1.82, 2.24) is 19.5 Å². The van der Waals surface area contributed by atoms with Crippen molar-refractivity contribution < 1.29 is 11.3 Å². The van der Waals surface area contributed by atoms with Gasteiger partial charge in [0.25, 0.3) is 0 Å². The van der Waals surface area contributed by atoms with Gasteiger partial charge in [0.05, 0.1) is 23.5 Å². The molecule has 3 heterocycles. The van der Waals surface area contributed by atoms with E-state index in [9.17, 15) is 0 Å². The van der Waals surface area contributed by atoms with Crippen LogP contribution in [0.15, 0.2) is 174 Å². The normalized spacial score (nSPS) is 13.0. The molecule has 10 rings (SSSR count). The van der Waals surface area contributed by atoms with Gasteiger partial charge in [-0.3, -0.25) is 4.57 Å². The van der Waals surface area contributed by atoms with Crippen molar-refractivity contribution in [3.8, 4) is 51.0 Å². The van der Waals surface area contributed by atoms with Gasteiger partial charge in [0.2, 0.25) is 5.95 Å². The molecule has 0 saturated heterocycles. The van der Waals surface area contributed by atoms with Crippen molar-refractivity contribution in [1.29, 1.82) is 0 Å². The third-order valence-corrected chi connectivity index (χ3v) is 9.17. The second-order valence-corrected chi connectivity index (χ2v) is 12.1. The number of furan rings is 1. The van der Waals surface area contributed by atoms with E-state index in [1.807, 2.05) is 108 Å². The van der Waals surface area contributed by atoms with Crippen LogP contribution in [-0.2, 0) is 0 Å². The van der Waals surface area contributed by atoms with Gasteiger partial charge < -0.3 is 4.42 Å². The standard InChI is InChI=1S/C45H28N4O/c1-4-14-29(15-5-1)32-26-27-34-35-22-12-23-37(42(35)50-40(34)28-32)44-46-43(31-18-8-3-9-19-31)47-45(48-44)49-38-24-11-10-20-36(38)41-33(21-13-25-39(41)49)30-16-6-2-7-17-30/h1-28H/i2D,6D,7D,16D,17D. The summed E-state index contributed by atoms with van der Waals surface area (Å²) in [4.78, 5) is 15.3. The lowest BCUT2D eigenvalue weighted by Crippen LogP contribution is -2.06. The van der Waals surface area contributed by atoms with E-state index in [4.69, 9.17) is 26.2 Å². The summed E-state index contributed by atoms with van der Waals surface area (Å²) in [5.74, 6) is 1.24. The zero-order valence-electron chi connectivity index (χ0n) is 31.5. The van der Waals surface area contributed by atoms with Crippen LogP contribution in [0.5, 0.6) is 0 Å². The van der Waals surface area contributed by atoms with Gasteiger partial charge in [-0.05, 0) is 52.6 Å². The Morgan fingerprint density at radius 3 is 2.00 bits per heavy atom. The number of nitrogens with zero attached hydrogens (tertiary/aromatic N) is 4. The molecule has 0 bridgehead atoms. The van der Waals surface area contributed by atoms with E-state index in [2.05, 4.69) is 30.3 Å². The largest absolute Gasteiger partial charge is 0.455 e. The molecule has 5 nitrogen and oxygen atoms in total. The van der Waals surface area contributed by atoms with Gasteiger partial charge in [-0.15, -0.1) is 0 Å². The lowest BCUT2D eigenvalue weighted by molar-refractivity contribution is 0.669. The van der Waals surface area contributed by atoms with Crippen molar-refractivity contribution >= 4 is 43.7 Å². The molecule has 0 amide bonds. The Labute approximate surface area is 294 Å². The van der Waals surface area contributed by atoms with Gasteiger partial charge in [0, 0.05) is 27.1 Å². The van der Waals surface area contributed by atoms with E-state index in [0.717, 1.165) is 43.9 Å². The first-order valence-electron chi connectivity index (χ1n) is 18.8. The van der Waals surface area contributed by atoms with Gasteiger partial charge in [-0.2, -0.15) is 9.97 Å². The quantitative estimate of drug-likeness (QED) is 0.187. The Hall–Kier alpha value is -6.85. The van der Waals surface area contributed by atoms with E-state index < -0.39 is 6.04 Å². The van der Waals surface area contributed by atoms with E-state index in [1.54, 1.807) is 6.07 Å². The fraction of sp³-hybridized carbons (Fsp3) is 0. The summed E-state index contributed by atoms with van der Waals surface area (Å²) in [5, 5.41) is 3.46. The minimum atomic E-state index is -0.435. The molecule has 10 aromatic rings. The zero-order chi connectivity index (χ0) is 37.4. The predicted octanol–water partition coefficient (Wildman–Crippen LogP) is 11.5. The average molecular weight is 646 g/mol. The Kier molecular flexibility index (Phi) is 5.35. The first kappa shape index (κ1) is 23.5. The highest BCUT2D eigenvalue weighted by Gasteiger charge is 2.21. The van der Waals surface area contributed by atoms with Crippen molar-refractivity contribution in [2.24, 2.45) is 0 Å². The van der Waals surface area contributed by atoms with Crippen LogP contribution in [0.3, 0.4) is 0 Å². The molecule has 50 heavy (non-hydrogen) atoms. The summed E-state index contributed by atoms with van der Waals surface area (Å²) < 4.78 is 51.2. The third kappa shape index (κ3) is 4.52. The minimum Gasteiger partial charge on any atom is -0.455 e. The topological polar surface area (TPSA) is 56.7 Å². The summed E-state index contributed by atoms with van der Waals surface area (Å²) in [6.07, 6.45) is 0. The molecule has 5 heteroatoms. The molecule has 0 aliphatic carbocycles. The van der Waals surface area contributed by atoms with Crippen LogP contribution in [-0.4, -0.2) is 19.5 Å². The monoisotopic (exact) mass is 645 g/mol. The predicted molar refractivity (Wildman–Crippen MR) is 203 cm³/mol. The highest BCUT2D eigenvalue weighted by atomic mass is 16.3. The summed E-state index contributed by atoms with van der Waals surface area (Å²) in [6, 6.07) is 43.8. The Balaban J connectivity index is 1.24. The second kappa shape index (κ2) is 11.4. The first-order chi connectivity index (χ1) is 26.9. The van der Waals surface area contributed by atoms with Gasteiger partial charge in [-0.1, -0.05) is 139 Å². The molecular weight excluding hydrogens is 613 g/mol. The Morgan fingerprint density at radius 2 is 1.16 bits per heavy atom. The van der Waals surface area contributed by atoms with Gasteiger partial charge >= 0.3 is 0 Å². The summed E-state index contributed by atoms with van der Waals surface area (Å²) in [6.45, 7) is 0. The van der Waals surface area contributed by atoms with E-state index in [1.165, 1.54) is 0 Å². The molecule has 0 radical (unpaired) electrons. The van der Waals surface area contributed by atoms with Crippen molar-refractivity contribution in [3.63, 3.8) is 0 Å². The van der Waals surface area contributed by atoms with Crippen molar-refractivity contribution in [2.45, 2.75) is 0 Å². The second-order valence-electron chi connectivity index (χ2n) is 12.1. The fourth-order valence-corrected chi connectivity index (χ4v) is 6.91. The number of benzene rings is 7. The molecular formula is C45H28N4O. The highest BCUT2D eigenvalue weighted by molar-refractivity contribution is 6.15. The maximum atomic E-state index is 8.81. The molecule has 234 valence electrons. The molecule has 0 aliphatic rings. The van der Waals surface area contributed by atoms with Crippen LogP contribution in [0.2, 0.25) is 0 Å². The maximum Gasteiger partial charge on any atom is 0.238 e. The lowest BCUT2D eigenvalue weighted by atomic mass is 9.99. The van der Waals surface area contributed by atoms with Gasteiger partial charge in [0.1, 0.15) is 11.2 Å². The van der Waals surface area contributed by atoms with Crippen molar-refractivity contribution in [3.05, 3.63) is 170 Å². The number of aromatic nitrogens is 4. The van der Waals surface area contributed by atoms with Crippen molar-refractivity contribution in [2.75, 3.05) is 0 Å². The minimum absolute atomic E-state index is 0.132. The van der Waals surface area contributed by atoms with Gasteiger partial charge in [-0.25, -0.2) is 4.98 Å². The van der Waals surface area contributed by atoms with E-state index in [-0.39, 0.29) is 29.7 Å². The fourth-order valence-electron chi connectivity index (χ4n) is 6.91. The summed E-state index contributed by atoms with van der Waals surface area (Å²) >= 11 is 0. The first-order valence-corrected chi connectivity index (χ1v) is 16.3. The number of para-hydroxylation sites is 2. The average Bonchev–Trinajstić information content (AvgIpc) is 3.79. The van der Waals surface area contributed by atoms with Crippen LogP contribution in [0, 0.1) is 0 Å². The van der Waals surface area contributed by atoms with Crippen LogP contribution in [0.1, 0.15) is 6.85 Å². The van der Waals surface area contributed by atoms with E-state index in [0.29, 0.717) is 45.2 Å². The number of fused-ring (bicyclic) bond motifs is 6. The van der Waals surface area contributed by atoms with Crippen LogP contribution < -0.4 is 0 Å². The maximum absolute atomic E-state index is 8.81. The smallest absolute Gasteiger partial charge is 0.238 e. The molecule has 0 unspecified atom stereocenters. The number of hydrogen-bond donors (Lipinski definition) is 0. The highest BCUT2D eigenvalue weighted by Crippen LogP contribution is 2.40. The molecule has 3 aromatic heterocycles. The molecule has 0 atom stereocenters. The summed E-state index contributed by atoms with van der Waals surface area (Å²) in [7, 11) is 0. The SMILES string of the molecule is [2H]c1c([2H])c([2H])c(-c2cccc3c2c2ccccc2n3-c2nc(-c3ccccc3)nc(-c3cccc4c3oc3cc(-c5ccccc5)ccc34)n2)c([2H])c1[2H]. The third-order valence-electron chi connectivity index (χ3n) is 9.17. The molecule has 0 saturated carbocycles. The molecule has 7 aromatic carbocycles. The molecule has 0 N–H and O–H groups in total. The van der Waals surface area contributed by atoms with Crippen LogP contribution >= 0.6 is 0 Å². The molecule has 0 aliphatic heterocycles. The number of hydrogen-bond acceptors (Lipinski definition) is 4. The molecule has 0 fully saturated rings. The van der Waals surface area contributed by atoms with Crippen LogP contribution in [0.25, 0.3) is 94.7 Å². The van der Waals surface area contributed by atoms with E-state index >= 15 is 0 Å².